The topological polar surface area (TPSA) is 71.5 Å². The number of rotatable bonds is 6. The third kappa shape index (κ3) is 3.83. The average molecular weight is 416 g/mol. The van der Waals surface area contributed by atoms with Crippen molar-refractivity contribution in [2.45, 2.75) is 13.3 Å². The lowest BCUT2D eigenvalue weighted by molar-refractivity contribution is 0.340. The van der Waals surface area contributed by atoms with Crippen LogP contribution in [0.3, 0.4) is 0 Å². The monoisotopic (exact) mass is 415 g/mol. The zero-order valence-electron chi connectivity index (χ0n) is 15.7. The number of ether oxygens (including phenoxy) is 1. The molecule has 4 rings (SSSR count). The van der Waals surface area contributed by atoms with Gasteiger partial charge in [-0.15, -0.1) is 11.3 Å². The maximum Gasteiger partial charge on any atom is 0.232 e. The van der Waals surface area contributed by atoms with Gasteiger partial charge in [0.15, 0.2) is 5.13 Å². The molecule has 8 heteroatoms. The first-order chi connectivity index (χ1) is 13.4. The minimum absolute atomic E-state index is 0.499. The van der Waals surface area contributed by atoms with Crippen molar-refractivity contribution in [2.75, 3.05) is 29.0 Å². The summed E-state index contributed by atoms with van der Waals surface area (Å²) < 4.78 is 30.7. The second-order valence-electron chi connectivity index (χ2n) is 6.55. The molecule has 28 heavy (non-hydrogen) atoms. The first kappa shape index (κ1) is 18.8. The molecule has 0 unspecified atom stereocenters. The first-order valence-electron chi connectivity index (χ1n) is 9.00. The Bertz CT molecular complexity index is 1090. The molecule has 1 aliphatic heterocycles. The average Bonchev–Trinajstić information content (AvgIpc) is 3.29. The second-order valence-corrected chi connectivity index (χ2v) is 9.31. The van der Waals surface area contributed by atoms with E-state index in [1.54, 1.807) is 0 Å². The number of hydrogen-bond acceptors (Lipinski definition) is 6. The van der Waals surface area contributed by atoms with Gasteiger partial charge in [-0.05, 0) is 55.3 Å². The fourth-order valence-corrected chi connectivity index (χ4v) is 4.96. The lowest BCUT2D eigenvalue weighted by Crippen LogP contribution is -2.27. The van der Waals surface area contributed by atoms with Crippen molar-refractivity contribution < 1.29 is 13.2 Å². The van der Waals surface area contributed by atoms with Crippen molar-refractivity contribution in [2.24, 2.45) is 0 Å². The molecule has 1 aromatic heterocycles. The molecular formula is C20H21N3O3S2. The highest BCUT2D eigenvalue weighted by Gasteiger charge is 2.26. The van der Waals surface area contributed by atoms with Crippen LogP contribution in [-0.2, 0) is 16.4 Å². The van der Waals surface area contributed by atoms with Gasteiger partial charge in [-0.3, -0.25) is 4.31 Å². The minimum atomic E-state index is -3.23. The zero-order chi connectivity index (χ0) is 19.7. The molecule has 0 amide bonds. The number of nitrogens with one attached hydrogen (secondary N) is 1. The maximum atomic E-state index is 11.9. The molecule has 0 saturated carbocycles. The molecule has 0 aliphatic carbocycles. The number of fused-ring (bicyclic) bond motifs is 1. The Morgan fingerprint density at radius 3 is 2.71 bits per heavy atom. The van der Waals surface area contributed by atoms with E-state index >= 15 is 0 Å². The highest BCUT2D eigenvalue weighted by molar-refractivity contribution is 7.92. The molecule has 0 fully saturated rings. The summed E-state index contributed by atoms with van der Waals surface area (Å²) in [4.78, 5) is 4.67. The van der Waals surface area contributed by atoms with Crippen LogP contribution in [0.2, 0.25) is 0 Å². The van der Waals surface area contributed by atoms with Crippen molar-refractivity contribution in [1.82, 2.24) is 4.98 Å². The van der Waals surface area contributed by atoms with Crippen LogP contribution in [0.5, 0.6) is 5.75 Å². The van der Waals surface area contributed by atoms with E-state index in [4.69, 9.17) is 4.74 Å². The predicted molar refractivity (Wildman–Crippen MR) is 114 cm³/mol. The van der Waals surface area contributed by atoms with Gasteiger partial charge in [0.2, 0.25) is 10.0 Å². The van der Waals surface area contributed by atoms with Crippen LogP contribution in [0.1, 0.15) is 12.5 Å². The van der Waals surface area contributed by atoms with Gasteiger partial charge < -0.3 is 10.1 Å². The summed E-state index contributed by atoms with van der Waals surface area (Å²) >= 11 is 1.53. The SMILES string of the molecule is CCOc1ccc(Nc2nc(-c3ccc4c(c3)CCN4S(C)(=O)=O)cs2)cc1. The van der Waals surface area contributed by atoms with Gasteiger partial charge in [-0.25, -0.2) is 13.4 Å². The number of hydrogen-bond donors (Lipinski definition) is 1. The van der Waals surface area contributed by atoms with Crippen molar-refractivity contribution in [3.05, 3.63) is 53.4 Å². The third-order valence-electron chi connectivity index (χ3n) is 4.55. The highest BCUT2D eigenvalue weighted by Crippen LogP contribution is 2.35. The minimum Gasteiger partial charge on any atom is -0.494 e. The van der Waals surface area contributed by atoms with Gasteiger partial charge in [0.25, 0.3) is 0 Å². The molecule has 0 atom stereocenters. The number of aromatic nitrogens is 1. The summed E-state index contributed by atoms with van der Waals surface area (Å²) in [6, 6.07) is 13.6. The van der Waals surface area contributed by atoms with Gasteiger partial charge in [0, 0.05) is 23.2 Å². The van der Waals surface area contributed by atoms with E-state index in [0.717, 1.165) is 45.5 Å². The van der Waals surface area contributed by atoms with E-state index in [0.29, 0.717) is 13.2 Å². The molecule has 2 aromatic carbocycles. The zero-order valence-corrected chi connectivity index (χ0v) is 17.3. The van der Waals surface area contributed by atoms with Gasteiger partial charge in [0.05, 0.1) is 24.2 Å². The van der Waals surface area contributed by atoms with E-state index in [1.807, 2.05) is 54.8 Å². The number of thiazole rings is 1. The summed E-state index contributed by atoms with van der Waals surface area (Å²) in [5.41, 5.74) is 4.62. The van der Waals surface area contributed by atoms with Crippen LogP contribution in [-0.4, -0.2) is 32.8 Å². The van der Waals surface area contributed by atoms with E-state index < -0.39 is 10.0 Å². The molecule has 1 N–H and O–H groups in total. The highest BCUT2D eigenvalue weighted by atomic mass is 32.2. The second kappa shape index (κ2) is 7.44. The van der Waals surface area contributed by atoms with E-state index in [9.17, 15) is 8.42 Å². The molecule has 3 aromatic rings. The Morgan fingerprint density at radius 1 is 1.21 bits per heavy atom. The van der Waals surface area contributed by atoms with Crippen LogP contribution in [0.15, 0.2) is 47.8 Å². The van der Waals surface area contributed by atoms with Crippen molar-refractivity contribution in [1.29, 1.82) is 0 Å². The van der Waals surface area contributed by atoms with Gasteiger partial charge in [-0.2, -0.15) is 0 Å². The maximum absolute atomic E-state index is 11.9. The molecular weight excluding hydrogens is 394 g/mol. The molecule has 2 heterocycles. The fourth-order valence-electron chi connectivity index (χ4n) is 3.26. The number of benzene rings is 2. The largest absolute Gasteiger partial charge is 0.494 e. The number of anilines is 3. The van der Waals surface area contributed by atoms with Crippen molar-refractivity contribution in [3.63, 3.8) is 0 Å². The van der Waals surface area contributed by atoms with E-state index in [2.05, 4.69) is 10.3 Å². The Hall–Kier alpha value is -2.58. The van der Waals surface area contributed by atoms with E-state index in [1.165, 1.54) is 21.9 Å². The Labute approximate surface area is 168 Å². The first-order valence-corrected chi connectivity index (χ1v) is 11.7. The summed E-state index contributed by atoms with van der Waals surface area (Å²) in [6.07, 6.45) is 1.97. The van der Waals surface area contributed by atoms with Crippen molar-refractivity contribution in [3.8, 4) is 17.0 Å². The van der Waals surface area contributed by atoms with Crippen LogP contribution < -0.4 is 14.4 Å². The summed E-state index contributed by atoms with van der Waals surface area (Å²) in [5, 5.41) is 6.11. The Morgan fingerprint density at radius 2 is 2.00 bits per heavy atom. The molecule has 0 bridgehead atoms. The summed E-state index contributed by atoms with van der Waals surface area (Å²) in [7, 11) is -3.23. The summed E-state index contributed by atoms with van der Waals surface area (Å²) in [6.45, 7) is 3.10. The molecule has 0 saturated heterocycles. The quantitative estimate of drug-likeness (QED) is 0.651. The lowest BCUT2D eigenvalue weighted by Gasteiger charge is -2.16. The van der Waals surface area contributed by atoms with E-state index in [-0.39, 0.29) is 0 Å². The molecule has 146 valence electrons. The van der Waals surface area contributed by atoms with Gasteiger partial charge in [0.1, 0.15) is 5.75 Å². The van der Waals surface area contributed by atoms with Crippen LogP contribution in [0.4, 0.5) is 16.5 Å². The molecule has 0 spiro atoms. The van der Waals surface area contributed by atoms with Crippen molar-refractivity contribution >= 4 is 37.9 Å². The summed E-state index contributed by atoms with van der Waals surface area (Å²) in [5.74, 6) is 0.842. The molecule has 0 radical (unpaired) electrons. The number of sulfonamides is 1. The smallest absolute Gasteiger partial charge is 0.232 e. The van der Waals surface area contributed by atoms with Crippen LogP contribution >= 0.6 is 11.3 Å². The standard InChI is InChI=1S/C20H21N3O3S2/c1-3-26-17-7-5-16(6-8-17)21-20-22-18(13-27-20)14-4-9-19-15(12-14)10-11-23(19)28(2,24)25/h4-9,12-13H,3,10-11H2,1-2H3,(H,21,22). The molecule has 1 aliphatic rings. The third-order valence-corrected chi connectivity index (χ3v) is 6.49. The van der Waals surface area contributed by atoms with Crippen LogP contribution in [0, 0.1) is 0 Å². The van der Waals surface area contributed by atoms with Gasteiger partial charge >= 0.3 is 0 Å². The lowest BCUT2D eigenvalue weighted by atomic mass is 10.1. The van der Waals surface area contributed by atoms with Crippen LogP contribution in [0.25, 0.3) is 11.3 Å². The molecule has 6 nitrogen and oxygen atoms in total. The fraction of sp³-hybridized carbons (Fsp3) is 0.250. The Balaban J connectivity index is 1.52. The number of nitrogens with zero attached hydrogens (tertiary/aromatic N) is 2. The van der Waals surface area contributed by atoms with Gasteiger partial charge in [-0.1, -0.05) is 6.07 Å². The predicted octanol–water partition coefficient (Wildman–Crippen LogP) is 4.27. The normalized spacial score (nSPS) is 13.4. The Kier molecular flexibility index (Phi) is 4.99.